The monoisotopic (exact) mass is 718 g/mol. The highest BCUT2D eigenvalue weighted by Gasteiger charge is 2.32. The molecule has 0 bridgehead atoms. The molecule has 0 amide bonds. The van der Waals surface area contributed by atoms with Crippen molar-refractivity contribution in [1.82, 2.24) is 0 Å². The third-order valence-electron chi connectivity index (χ3n) is 8.34. The van der Waals surface area contributed by atoms with Crippen LogP contribution in [0.2, 0.25) is 0 Å². The molecule has 0 saturated heterocycles. The highest BCUT2D eigenvalue weighted by molar-refractivity contribution is 4.59. The van der Waals surface area contributed by atoms with Gasteiger partial charge in [0.15, 0.2) is 0 Å². The van der Waals surface area contributed by atoms with E-state index in [1.807, 2.05) is 27.7 Å². The quantitative estimate of drug-likeness (QED) is 0.0681. The summed E-state index contributed by atoms with van der Waals surface area (Å²) in [5.41, 5.74) is 0. The average Bonchev–Trinajstić information content (AvgIpc) is 2.81. The summed E-state index contributed by atoms with van der Waals surface area (Å²) in [5.74, 6) is 0. The van der Waals surface area contributed by atoms with Gasteiger partial charge in [0.1, 0.15) is 50.6 Å². The number of aliphatic hydroxyl groups excluding tert-OH is 4. The molecule has 6 nitrogen and oxygen atoms in total. The van der Waals surface area contributed by atoms with E-state index < -0.39 is 0 Å². The van der Waals surface area contributed by atoms with E-state index in [1.165, 1.54) is 64.2 Å². The SMILES string of the molecule is CCCCCCCC[N+](CCCCC[N+](CCCCCCCC)(CC(C)O)CC(C)O)(CC(C)O)CC(C)O.[Br-].[Br-]. The van der Waals surface area contributed by atoms with Gasteiger partial charge in [-0.3, -0.25) is 0 Å². The van der Waals surface area contributed by atoms with Crippen LogP contribution >= 0.6 is 0 Å². The second kappa shape index (κ2) is 28.2. The smallest absolute Gasteiger partial charge is 0.105 e. The molecule has 4 atom stereocenters. The highest BCUT2D eigenvalue weighted by atomic mass is 79.9. The lowest BCUT2D eigenvalue weighted by atomic mass is 10.1. The highest BCUT2D eigenvalue weighted by Crippen LogP contribution is 2.20. The molecule has 41 heavy (non-hydrogen) atoms. The summed E-state index contributed by atoms with van der Waals surface area (Å²) in [6, 6.07) is 0. The van der Waals surface area contributed by atoms with Crippen molar-refractivity contribution in [2.75, 3.05) is 52.4 Å². The van der Waals surface area contributed by atoms with Crippen molar-refractivity contribution < 1.29 is 63.4 Å². The normalized spacial score (nSPS) is 17.4. The van der Waals surface area contributed by atoms with Crippen molar-refractivity contribution in [1.29, 1.82) is 0 Å². The predicted octanol–water partition coefficient (Wildman–Crippen LogP) is 0.0425. The minimum absolute atomic E-state index is 0. The molecular formula is C33H72Br2N2O4. The Morgan fingerprint density at radius 1 is 0.366 bits per heavy atom. The molecule has 0 aromatic carbocycles. The lowest BCUT2D eigenvalue weighted by molar-refractivity contribution is -0.935. The topological polar surface area (TPSA) is 80.9 Å². The third kappa shape index (κ3) is 25.7. The van der Waals surface area contributed by atoms with E-state index >= 15 is 0 Å². The van der Waals surface area contributed by atoms with Gasteiger partial charge in [-0.05, 0) is 72.6 Å². The van der Waals surface area contributed by atoms with Crippen molar-refractivity contribution in [3.05, 3.63) is 0 Å². The second-order valence-corrected chi connectivity index (χ2v) is 13.3. The van der Waals surface area contributed by atoms with Crippen molar-refractivity contribution in [2.24, 2.45) is 0 Å². The first kappa shape index (κ1) is 46.1. The molecule has 252 valence electrons. The minimum Gasteiger partial charge on any atom is -1.00 e. The molecule has 0 aliphatic heterocycles. The summed E-state index contributed by atoms with van der Waals surface area (Å²) in [5, 5.41) is 41.4. The molecule has 0 fully saturated rings. The summed E-state index contributed by atoms with van der Waals surface area (Å²) in [7, 11) is 0. The maximum atomic E-state index is 10.4. The number of rotatable bonds is 28. The zero-order chi connectivity index (χ0) is 29.6. The van der Waals surface area contributed by atoms with Crippen LogP contribution in [0.25, 0.3) is 0 Å². The minimum atomic E-state index is -0.373. The van der Waals surface area contributed by atoms with E-state index in [1.54, 1.807) is 0 Å². The fraction of sp³-hybridized carbons (Fsp3) is 1.00. The Balaban J connectivity index is -0.00000722. The zero-order valence-electron chi connectivity index (χ0n) is 28.0. The Morgan fingerprint density at radius 3 is 0.780 bits per heavy atom. The van der Waals surface area contributed by atoms with Gasteiger partial charge < -0.3 is 63.4 Å². The average molecular weight is 721 g/mol. The summed E-state index contributed by atoms with van der Waals surface area (Å²) >= 11 is 0. The predicted molar refractivity (Wildman–Crippen MR) is 167 cm³/mol. The summed E-state index contributed by atoms with van der Waals surface area (Å²) in [6.45, 7) is 18.9. The summed E-state index contributed by atoms with van der Waals surface area (Å²) in [6.07, 6.45) is 16.9. The van der Waals surface area contributed by atoms with Gasteiger partial charge in [0.2, 0.25) is 0 Å². The van der Waals surface area contributed by atoms with E-state index in [0.717, 1.165) is 67.2 Å². The molecule has 0 heterocycles. The van der Waals surface area contributed by atoms with Crippen LogP contribution in [0, 0.1) is 0 Å². The molecule has 0 radical (unpaired) electrons. The molecule has 0 rings (SSSR count). The fourth-order valence-corrected chi connectivity index (χ4v) is 6.87. The number of unbranched alkanes of at least 4 members (excludes halogenated alkanes) is 12. The van der Waals surface area contributed by atoms with Gasteiger partial charge in [-0.1, -0.05) is 65.2 Å². The number of hydrogen-bond donors (Lipinski definition) is 4. The van der Waals surface area contributed by atoms with Gasteiger partial charge in [0.25, 0.3) is 0 Å². The number of hydrogen-bond acceptors (Lipinski definition) is 4. The number of quaternary nitrogens is 2. The van der Waals surface area contributed by atoms with Crippen LogP contribution in [0.4, 0.5) is 0 Å². The molecule has 8 heteroatoms. The van der Waals surface area contributed by atoms with Crippen LogP contribution in [-0.2, 0) is 0 Å². The van der Waals surface area contributed by atoms with Gasteiger partial charge in [-0.25, -0.2) is 0 Å². The molecular weight excluding hydrogens is 648 g/mol. The van der Waals surface area contributed by atoms with E-state index in [9.17, 15) is 20.4 Å². The lowest BCUT2D eigenvalue weighted by Gasteiger charge is -2.42. The fourth-order valence-electron chi connectivity index (χ4n) is 6.87. The molecule has 0 aliphatic carbocycles. The van der Waals surface area contributed by atoms with Gasteiger partial charge >= 0.3 is 0 Å². The van der Waals surface area contributed by atoms with Crippen molar-refractivity contribution in [3.8, 4) is 0 Å². The van der Waals surface area contributed by atoms with E-state index in [2.05, 4.69) is 13.8 Å². The Morgan fingerprint density at radius 2 is 0.561 bits per heavy atom. The molecule has 0 aromatic rings. The van der Waals surface area contributed by atoms with Crippen molar-refractivity contribution in [2.45, 2.75) is 162 Å². The van der Waals surface area contributed by atoms with Crippen molar-refractivity contribution >= 4 is 0 Å². The van der Waals surface area contributed by atoms with E-state index in [0.29, 0.717) is 26.2 Å². The largest absolute Gasteiger partial charge is 1.00 e. The Labute approximate surface area is 277 Å². The summed E-state index contributed by atoms with van der Waals surface area (Å²) < 4.78 is 1.62. The zero-order valence-corrected chi connectivity index (χ0v) is 31.2. The molecule has 0 aromatic heterocycles. The third-order valence-corrected chi connectivity index (χ3v) is 8.34. The van der Waals surface area contributed by atoms with Crippen LogP contribution in [0.1, 0.15) is 138 Å². The number of nitrogens with zero attached hydrogens (tertiary/aromatic N) is 2. The first-order chi connectivity index (χ1) is 18.5. The van der Waals surface area contributed by atoms with Crippen LogP contribution in [-0.4, -0.2) is 106 Å². The molecule has 0 saturated carbocycles. The van der Waals surface area contributed by atoms with Crippen LogP contribution in [0.5, 0.6) is 0 Å². The summed E-state index contributed by atoms with van der Waals surface area (Å²) in [4.78, 5) is 0. The maximum absolute atomic E-state index is 10.4. The van der Waals surface area contributed by atoms with Gasteiger partial charge in [0.05, 0.1) is 26.2 Å². The molecule has 0 spiro atoms. The van der Waals surface area contributed by atoms with Crippen molar-refractivity contribution in [3.63, 3.8) is 0 Å². The van der Waals surface area contributed by atoms with Crippen LogP contribution in [0.15, 0.2) is 0 Å². The maximum Gasteiger partial charge on any atom is 0.105 e. The number of aliphatic hydroxyl groups is 4. The number of halogens is 2. The Hall–Kier alpha value is 0.720. The van der Waals surface area contributed by atoms with Gasteiger partial charge in [0, 0.05) is 0 Å². The van der Waals surface area contributed by atoms with Crippen LogP contribution < -0.4 is 34.0 Å². The van der Waals surface area contributed by atoms with Gasteiger partial charge in [-0.15, -0.1) is 0 Å². The van der Waals surface area contributed by atoms with Gasteiger partial charge in [-0.2, -0.15) is 0 Å². The molecule has 4 unspecified atom stereocenters. The second-order valence-electron chi connectivity index (χ2n) is 13.3. The Kier molecular flexibility index (Phi) is 31.7. The first-order valence-electron chi connectivity index (χ1n) is 16.9. The van der Waals surface area contributed by atoms with Crippen LogP contribution in [0.3, 0.4) is 0 Å². The lowest BCUT2D eigenvalue weighted by Crippen LogP contribution is -3.00. The van der Waals surface area contributed by atoms with E-state index in [4.69, 9.17) is 0 Å². The Bertz CT molecular complexity index is 485. The standard InChI is InChI=1S/C33H72N2O4.2BrH/c1-7-9-11-13-15-18-22-34(26-30(3)36,27-31(4)37)24-20-17-21-25-35(28-32(5)38,29-33(6)39)23-19-16-14-12-10-8-2;;/h30-33,36-39H,7-29H2,1-6H3;2*1H/q+2;;/p-2. The van der Waals surface area contributed by atoms with E-state index in [-0.39, 0.29) is 58.4 Å². The molecule has 0 aliphatic rings. The first-order valence-corrected chi connectivity index (χ1v) is 16.9. The molecule has 4 N–H and O–H groups in total.